The van der Waals surface area contributed by atoms with Gasteiger partial charge >= 0.3 is 0 Å². The van der Waals surface area contributed by atoms with Crippen LogP contribution in [0.2, 0.25) is 0 Å². The first-order valence-corrected chi connectivity index (χ1v) is 23.1. The van der Waals surface area contributed by atoms with Crippen molar-refractivity contribution in [2.45, 2.75) is 33.1 Å². The van der Waals surface area contributed by atoms with Crippen molar-refractivity contribution >= 4 is 46.3 Å². The van der Waals surface area contributed by atoms with Crippen LogP contribution in [-0.4, -0.2) is 10.2 Å². The maximum atomic E-state index is 6.09. The number of anilines is 6. The lowest BCUT2D eigenvalue weighted by molar-refractivity contribution is 0.582. The van der Waals surface area contributed by atoms with Crippen LogP contribution in [0, 0.1) is 6.92 Å². The summed E-state index contributed by atoms with van der Waals surface area (Å²) in [6.45, 7) is 8.76. The van der Waals surface area contributed by atoms with E-state index < -0.39 is 0 Å². The fraction of sp³-hybridized carbons (Fsp3) is 0.0794. The lowest BCUT2D eigenvalue weighted by atomic mass is 9.87. The molecule has 9 aromatic carbocycles. The van der Waals surface area contributed by atoms with Gasteiger partial charge in [-0.1, -0.05) is 166 Å². The normalized spacial score (nSPS) is 11.5. The summed E-state index contributed by atoms with van der Waals surface area (Å²) in [6.07, 6.45) is 4.35. The second-order valence-corrected chi connectivity index (χ2v) is 18.1. The van der Waals surface area contributed by atoms with E-state index in [0.29, 0.717) is 11.8 Å². The van der Waals surface area contributed by atoms with Crippen molar-refractivity contribution in [2.24, 2.45) is 0 Å². The van der Waals surface area contributed by atoms with Crippen LogP contribution in [0.1, 0.15) is 43.0 Å². The second kappa shape index (κ2) is 19.1. The molecule has 0 N–H and O–H groups in total. The fourth-order valence-electron chi connectivity index (χ4n) is 8.54. The maximum absolute atomic E-state index is 6.09. The Morgan fingerprint density at radius 1 is 0.353 bits per heavy atom. The first kappa shape index (κ1) is 43.4. The summed E-state index contributed by atoms with van der Waals surface area (Å²) in [5.41, 5.74) is 17.8. The van der Waals surface area contributed by atoms with E-state index >= 15 is 0 Å². The van der Waals surface area contributed by atoms with E-state index in [0.717, 1.165) is 78.6 Å². The molecule has 1 aromatic heterocycles. The van der Waals surface area contributed by atoms with Crippen molar-refractivity contribution in [3.8, 4) is 45.2 Å². The molecule has 10 rings (SSSR count). The highest BCUT2D eigenvalue weighted by atomic mass is 16.4. The van der Waals surface area contributed by atoms with Gasteiger partial charge in [0.05, 0.1) is 0 Å². The molecule has 0 aliphatic carbocycles. The topological polar surface area (TPSA) is 45.4 Å². The Labute approximate surface area is 400 Å². The summed E-state index contributed by atoms with van der Waals surface area (Å²) in [7, 11) is 0. The van der Waals surface area contributed by atoms with Crippen LogP contribution < -0.4 is 9.80 Å². The number of rotatable bonds is 12. The fourth-order valence-corrected chi connectivity index (χ4v) is 8.54. The van der Waals surface area contributed by atoms with Gasteiger partial charge in [-0.15, -0.1) is 10.2 Å². The van der Waals surface area contributed by atoms with Gasteiger partial charge < -0.3 is 14.2 Å². The standard InChI is InChI=1S/C63H52N4O/c1-45-13-11-19-59(43-45)66(55-15-7-5-8-16-55)57-39-33-50(34-40-57)51-35-41-58(42-36-51)67(56-17-9-6-10-18-56)60-20-12-14-47(44-60)22-21-46-23-25-48(26-24-46)49-27-29-52(30-28-49)61-64-65-62(68-61)53-31-37-54(38-32-53)63(2,3)4/h5-44H,1-4H3/b22-21+. The molecule has 0 aliphatic heterocycles. The van der Waals surface area contributed by atoms with Gasteiger partial charge in [0.15, 0.2) is 0 Å². The Kier molecular flexibility index (Phi) is 12.2. The van der Waals surface area contributed by atoms with E-state index in [1.165, 1.54) is 11.1 Å². The predicted molar refractivity (Wildman–Crippen MR) is 284 cm³/mol. The average Bonchev–Trinajstić information content (AvgIpc) is 3.88. The molecule has 5 nitrogen and oxygen atoms in total. The van der Waals surface area contributed by atoms with Crippen molar-refractivity contribution in [3.63, 3.8) is 0 Å². The zero-order valence-corrected chi connectivity index (χ0v) is 38.8. The third kappa shape index (κ3) is 9.69. The first-order valence-electron chi connectivity index (χ1n) is 23.1. The molecule has 0 unspecified atom stereocenters. The van der Waals surface area contributed by atoms with Crippen LogP contribution in [0.15, 0.2) is 235 Å². The van der Waals surface area contributed by atoms with E-state index in [4.69, 9.17) is 4.42 Å². The summed E-state index contributed by atoms with van der Waals surface area (Å²) >= 11 is 0. The van der Waals surface area contributed by atoms with E-state index in [1.54, 1.807) is 0 Å². The number of hydrogen-bond donors (Lipinski definition) is 0. The highest BCUT2D eigenvalue weighted by molar-refractivity contribution is 5.82. The van der Waals surface area contributed by atoms with Crippen molar-refractivity contribution in [1.82, 2.24) is 10.2 Å². The number of hydrogen-bond acceptors (Lipinski definition) is 5. The number of benzene rings is 9. The van der Waals surface area contributed by atoms with Gasteiger partial charge in [-0.25, -0.2) is 0 Å². The Bertz CT molecular complexity index is 3280. The zero-order chi connectivity index (χ0) is 46.5. The molecule has 1 heterocycles. The molecular formula is C63H52N4O. The van der Waals surface area contributed by atoms with E-state index in [9.17, 15) is 0 Å². The minimum atomic E-state index is 0.0832. The molecule has 0 bridgehead atoms. The number of para-hydroxylation sites is 2. The molecule has 10 aromatic rings. The molecule has 0 atom stereocenters. The molecule has 68 heavy (non-hydrogen) atoms. The first-order chi connectivity index (χ1) is 33.2. The van der Waals surface area contributed by atoms with Crippen LogP contribution in [0.3, 0.4) is 0 Å². The van der Waals surface area contributed by atoms with E-state index in [1.807, 2.05) is 24.3 Å². The minimum Gasteiger partial charge on any atom is -0.416 e. The van der Waals surface area contributed by atoms with Crippen molar-refractivity contribution < 1.29 is 4.42 Å². The summed E-state index contributed by atoms with van der Waals surface area (Å²) in [5.74, 6) is 1.02. The van der Waals surface area contributed by atoms with Gasteiger partial charge in [0, 0.05) is 45.3 Å². The Morgan fingerprint density at radius 2 is 0.735 bits per heavy atom. The SMILES string of the molecule is Cc1cccc(N(c2ccccc2)c2ccc(-c3ccc(N(c4ccccc4)c4cccc(/C=C/c5ccc(-c6ccc(-c7nnc(-c8ccc(C(C)(C)C)cc8)o7)cc6)cc5)c4)cc3)cc2)c1. The van der Waals surface area contributed by atoms with Crippen LogP contribution in [0.4, 0.5) is 34.1 Å². The summed E-state index contributed by atoms with van der Waals surface area (Å²) in [6, 6.07) is 81.4. The summed E-state index contributed by atoms with van der Waals surface area (Å²) < 4.78 is 6.09. The lowest BCUT2D eigenvalue weighted by Gasteiger charge is -2.26. The van der Waals surface area contributed by atoms with Crippen molar-refractivity contribution in [1.29, 1.82) is 0 Å². The minimum absolute atomic E-state index is 0.0832. The molecule has 0 saturated carbocycles. The Morgan fingerprint density at radius 3 is 1.22 bits per heavy atom. The Hall–Kier alpha value is -8.54. The average molecular weight is 881 g/mol. The summed E-state index contributed by atoms with van der Waals surface area (Å²) in [4.78, 5) is 4.62. The van der Waals surface area contributed by atoms with Gasteiger partial charge in [-0.3, -0.25) is 0 Å². The third-order valence-corrected chi connectivity index (χ3v) is 12.3. The van der Waals surface area contributed by atoms with Gasteiger partial charge in [0.1, 0.15) is 0 Å². The molecule has 0 aliphatic rings. The van der Waals surface area contributed by atoms with Crippen LogP contribution in [0.25, 0.3) is 57.3 Å². The highest BCUT2D eigenvalue weighted by Crippen LogP contribution is 2.39. The molecule has 0 amide bonds. The summed E-state index contributed by atoms with van der Waals surface area (Å²) in [5, 5.41) is 8.68. The predicted octanol–water partition coefficient (Wildman–Crippen LogP) is 17.5. The van der Waals surface area contributed by atoms with Gasteiger partial charge in [-0.05, 0) is 154 Å². The molecular weight excluding hydrogens is 829 g/mol. The van der Waals surface area contributed by atoms with Gasteiger partial charge in [0.25, 0.3) is 0 Å². The largest absolute Gasteiger partial charge is 0.416 e. The van der Waals surface area contributed by atoms with Crippen molar-refractivity contribution in [2.75, 3.05) is 9.80 Å². The molecule has 0 spiro atoms. The zero-order valence-electron chi connectivity index (χ0n) is 38.8. The second-order valence-electron chi connectivity index (χ2n) is 18.1. The molecule has 0 radical (unpaired) electrons. The van der Waals surface area contributed by atoms with E-state index in [-0.39, 0.29) is 5.41 Å². The number of aromatic nitrogens is 2. The van der Waals surface area contributed by atoms with Gasteiger partial charge in [0.2, 0.25) is 11.8 Å². The molecule has 0 fully saturated rings. The molecule has 330 valence electrons. The van der Waals surface area contributed by atoms with Gasteiger partial charge in [-0.2, -0.15) is 0 Å². The molecule has 5 heteroatoms. The van der Waals surface area contributed by atoms with Crippen molar-refractivity contribution in [3.05, 3.63) is 253 Å². The lowest BCUT2D eigenvalue weighted by Crippen LogP contribution is -2.10. The molecule has 0 saturated heterocycles. The smallest absolute Gasteiger partial charge is 0.248 e. The van der Waals surface area contributed by atoms with E-state index in [2.05, 4.69) is 266 Å². The quantitative estimate of drug-likeness (QED) is 0.114. The van der Waals surface area contributed by atoms with Crippen LogP contribution in [-0.2, 0) is 5.41 Å². The monoisotopic (exact) mass is 880 g/mol. The maximum Gasteiger partial charge on any atom is 0.248 e. The number of aryl methyl sites for hydroxylation is 1. The third-order valence-electron chi connectivity index (χ3n) is 12.3. The highest BCUT2D eigenvalue weighted by Gasteiger charge is 2.17. The van der Waals surface area contributed by atoms with Crippen LogP contribution in [0.5, 0.6) is 0 Å². The number of nitrogens with zero attached hydrogens (tertiary/aromatic N) is 4. The Balaban J connectivity index is 0.832. The van der Waals surface area contributed by atoms with Crippen LogP contribution >= 0.6 is 0 Å².